The fourth-order valence-corrected chi connectivity index (χ4v) is 3.35. The van der Waals surface area contributed by atoms with E-state index in [2.05, 4.69) is 26.5 Å². The maximum Gasteiger partial charge on any atom is 0.343 e. The summed E-state index contributed by atoms with van der Waals surface area (Å²) in [5.74, 6) is -0.802. The Morgan fingerprint density at radius 2 is 1.63 bits per heavy atom. The molecule has 1 N–H and O–H groups in total. The minimum Gasteiger partial charge on any atom is -0.422 e. The number of rotatable bonds is 5. The topological polar surface area (TPSA) is 67.8 Å². The Labute approximate surface area is 195 Å². The summed E-state index contributed by atoms with van der Waals surface area (Å²) in [7, 11) is 0. The first-order valence-corrected chi connectivity index (χ1v) is 10.3. The monoisotopic (exact) mass is 524 g/mol. The summed E-state index contributed by atoms with van der Waals surface area (Å²) in [5, 5.41) is 5.06. The molecule has 0 radical (unpaired) electrons. The number of carbonyl (C=O) groups excluding carboxylic acids is 2. The van der Waals surface area contributed by atoms with Gasteiger partial charge in [-0.2, -0.15) is 5.10 Å². The maximum atomic E-state index is 12.4. The van der Waals surface area contributed by atoms with Crippen LogP contribution in [0, 0.1) is 0 Å². The summed E-state index contributed by atoms with van der Waals surface area (Å²) in [6, 6.07) is 15.8. The van der Waals surface area contributed by atoms with Crippen molar-refractivity contribution < 1.29 is 14.3 Å². The number of esters is 1. The first-order chi connectivity index (χ1) is 14.3. The molecular weight excluding hydrogens is 515 g/mol. The van der Waals surface area contributed by atoms with Gasteiger partial charge in [-0.1, -0.05) is 50.7 Å². The Morgan fingerprint density at radius 3 is 2.33 bits per heavy atom. The molecule has 3 aromatic carbocycles. The molecule has 0 saturated carbocycles. The van der Waals surface area contributed by atoms with Gasteiger partial charge in [0.15, 0.2) is 0 Å². The van der Waals surface area contributed by atoms with E-state index in [0.717, 1.165) is 4.47 Å². The van der Waals surface area contributed by atoms with E-state index in [-0.39, 0.29) is 16.3 Å². The summed E-state index contributed by atoms with van der Waals surface area (Å²) in [5.41, 5.74) is 3.41. The van der Waals surface area contributed by atoms with Crippen LogP contribution in [0.5, 0.6) is 5.75 Å². The molecule has 3 aromatic rings. The van der Waals surface area contributed by atoms with Crippen LogP contribution >= 0.6 is 50.7 Å². The van der Waals surface area contributed by atoms with Crippen molar-refractivity contribution in [2.45, 2.75) is 0 Å². The zero-order valence-corrected chi connectivity index (χ0v) is 18.9. The number of ether oxygens (including phenoxy) is 1. The van der Waals surface area contributed by atoms with Crippen LogP contribution in [0.2, 0.25) is 15.1 Å². The van der Waals surface area contributed by atoms with Crippen LogP contribution < -0.4 is 10.2 Å². The highest BCUT2D eigenvalue weighted by atomic mass is 79.9. The van der Waals surface area contributed by atoms with Crippen molar-refractivity contribution in [2.75, 3.05) is 0 Å². The van der Waals surface area contributed by atoms with Crippen LogP contribution in [0.15, 0.2) is 70.2 Å². The van der Waals surface area contributed by atoms with E-state index in [1.807, 2.05) is 0 Å². The van der Waals surface area contributed by atoms with Gasteiger partial charge in [0.2, 0.25) is 0 Å². The van der Waals surface area contributed by atoms with Gasteiger partial charge in [0.25, 0.3) is 5.91 Å². The van der Waals surface area contributed by atoms with Crippen molar-refractivity contribution in [2.24, 2.45) is 5.10 Å². The largest absolute Gasteiger partial charge is 0.422 e. The number of hydrogen-bond acceptors (Lipinski definition) is 4. The molecule has 5 nitrogen and oxygen atoms in total. The molecule has 0 atom stereocenters. The molecule has 0 spiro atoms. The highest BCUT2D eigenvalue weighted by Crippen LogP contribution is 2.24. The fourth-order valence-electron chi connectivity index (χ4n) is 2.35. The van der Waals surface area contributed by atoms with Crippen LogP contribution in [0.4, 0.5) is 0 Å². The number of halogens is 4. The van der Waals surface area contributed by atoms with Crippen molar-refractivity contribution in [3.8, 4) is 5.75 Å². The van der Waals surface area contributed by atoms with Gasteiger partial charge in [-0.15, -0.1) is 0 Å². The average molecular weight is 527 g/mol. The number of hydrazone groups is 1. The lowest BCUT2D eigenvalue weighted by Crippen LogP contribution is -2.18. The predicted molar refractivity (Wildman–Crippen MR) is 122 cm³/mol. The molecule has 0 heterocycles. The van der Waals surface area contributed by atoms with Gasteiger partial charge in [-0.3, -0.25) is 4.79 Å². The normalized spacial score (nSPS) is 10.8. The van der Waals surface area contributed by atoms with E-state index < -0.39 is 11.9 Å². The number of hydrogen-bond donors (Lipinski definition) is 1. The van der Waals surface area contributed by atoms with Crippen LogP contribution in [0.25, 0.3) is 0 Å². The predicted octanol–water partition coefficient (Wildman–Crippen LogP) is 6.39. The molecule has 0 bridgehead atoms. The Bertz CT molecular complexity index is 1130. The summed E-state index contributed by atoms with van der Waals surface area (Å²) in [6.45, 7) is 0. The van der Waals surface area contributed by atoms with Gasteiger partial charge in [-0.05, 0) is 60.7 Å². The summed E-state index contributed by atoms with van der Waals surface area (Å²) < 4.78 is 6.20. The molecule has 1 amide bonds. The molecule has 3 rings (SSSR count). The molecule has 0 aliphatic rings. The fraction of sp³-hybridized carbons (Fsp3) is 0. The second kappa shape index (κ2) is 10.1. The molecule has 0 aromatic heterocycles. The van der Waals surface area contributed by atoms with E-state index in [1.165, 1.54) is 18.3 Å². The highest BCUT2D eigenvalue weighted by Gasteiger charge is 2.13. The summed E-state index contributed by atoms with van der Waals surface area (Å²) in [4.78, 5) is 24.6. The van der Waals surface area contributed by atoms with E-state index in [4.69, 9.17) is 39.5 Å². The number of nitrogens with zero attached hydrogens (tertiary/aromatic N) is 1. The number of nitrogens with one attached hydrogen (secondary N) is 1. The molecular formula is C21H12BrCl3N2O3. The van der Waals surface area contributed by atoms with Crippen LogP contribution in [0.1, 0.15) is 26.3 Å². The first-order valence-electron chi connectivity index (χ1n) is 8.39. The lowest BCUT2D eigenvalue weighted by atomic mass is 10.2. The second-order valence-corrected chi connectivity index (χ2v) is 8.10. The third kappa shape index (κ3) is 5.83. The van der Waals surface area contributed by atoms with Crippen molar-refractivity contribution in [3.63, 3.8) is 0 Å². The van der Waals surface area contributed by atoms with Crippen LogP contribution in [-0.4, -0.2) is 18.1 Å². The zero-order chi connectivity index (χ0) is 21.7. The summed E-state index contributed by atoms with van der Waals surface area (Å²) in [6.07, 6.45) is 1.36. The number of carbonyl (C=O) groups is 2. The molecule has 0 aliphatic carbocycles. The lowest BCUT2D eigenvalue weighted by molar-refractivity contribution is 0.0734. The molecule has 0 unspecified atom stereocenters. The second-order valence-electron chi connectivity index (χ2n) is 5.90. The van der Waals surface area contributed by atoms with Gasteiger partial charge in [0.05, 0.1) is 22.4 Å². The minimum atomic E-state index is -0.555. The average Bonchev–Trinajstić information content (AvgIpc) is 2.70. The van der Waals surface area contributed by atoms with Gasteiger partial charge in [-0.25, -0.2) is 10.2 Å². The molecule has 0 saturated heterocycles. The van der Waals surface area contributed by atoms with Crippen molar-refractivity contribution in [1.82, 2.24) is 5.43 Å². The van der Waals surface area contributed by atoms with Crippen molar-refractivity contribution in [3.05, 3.63) is 96.9 Å². The molecule has 9 heteroatoms. The highest BCUT2D eigenvalue weighted by molar-refractivity contribution is 9.10. The molecule has 0 fully saturated rings. The van der Waals surface area contributed by atoms with Gasteiger partial charge in [0, 0.05) is 20.1 Å². The van der Waals surface area contributed by atoms with Crippen molar-refractivity contribution >= 4 is 68.8 Å². The number of benzene rings is 3. The van der Waals surface area contributed by atoms with E-state index >= 15 is 0 Å². The molecule has 30 heavy (non-hydrogen) atoms. The Hall–Kier alpha value is -2.38. The summed E-state index contributed by atoms with van der Waals surface area (Å²) >= 11 is 21.1. The Morgan fingerprint density at radius 1 is 0.933 bits per heavy atom. The van der Waals surface area contributed by atoms with Gasteiger partial charge < -0.3 is 4.74 Å². The standard InChI is InChI=1S/C21H12BrCl3N2O3/c22-14-3-8-19(30-21(29)12-1-4-15(23)5-2-12)13(9-14)11-26-27-20(28)17-7-6-16(24)10-18(17)25/h1-11H,(H,27,28)/b26-11+. The van der Waals surface area contributed by atoms with Crippen molar-refractivity contribution in [1.29, 1.82) is 0 Å². The van der Waals surface area contributed by atoms with E-state index in [0.29, 0.717) is 21.2 Å². The number of amides is 1. The third-order valence-electron chi connectivity index (χ3n) is 3.80. The molecule has 152 valence electrons. The molecule has 0 aliphatic heterocycles. The van der Waals surface area contributed by atoms with Crippen LogP contribution in [-0.2, 0) is 0 Å². The van der Waals surface area contributed by atoms with Gasteiger partial charge in [0.1, 0.15) is 5.75 Å². The maximum absolute atomic E-state index is 12.4. The Kier molecular flexibility index (Phi) is 7.50. The first kappa shape index (κ1) is 22.3. The van der Waals surface area contributed by atoms with E-state index in [1.54, 1.807) is 48.5 Å². The quantitative estimate of drug-likeness (QED) is 0.181. The zero-order valence-electron chi connectivity index (χ0n) is 15.0. The minimum absolute atomic E-state index is 0.204. The lowest BCUT2D eigenvalue weighted by Gasteiger charge is -2.08. The SMILES string of the molecule is O=C(Oc1ccc(Br)cc1/C=N/NC(=O)c1ccc(Cl)cc1Cl)c1ccc(Cl)cc1. The Balaban J connectivity index is 1.75. The third-order valence-corrected chi connectivity index (χ3v) is 5.09. The van der Waals surface area contributed by atoms with Crippen LogP contribution in [0.3, 0.4) is 0 Å². The van der Waals surface area contributed by atoms with Gasteiger partial charge >= 0.3 is 5.97 Å². The van der Waals surface area contributed by atoms with E-state index in [9.17, 15) is 9.59 Å². The smallest absolute Gasteiger partial charge is 0.343 e.